The predicted octanol–water partition coefficient (Wildman–Crippen LogP) is 4.05. The van der Waals surface area contributed by atoms with Crippen LogP contribution in [0.25, 0.3) is 0 Å². The number of nitrogens with one attached hydrogen (secondary N) is 1. The van der Waals surface area contributed by atoms with Crippen LogP contribution in [0.2, 0.25) is 0 Å². The minimum Gasteiger partial charge on any atom is -0.379 e. The molecule has 1 unspecified atom stereocenters. The molecule has 0 saturated carbocycles. The lowest BCUT2D eigenvalue weighted by Crippen LogP contribution is -2.28. The fraction of sp³-hybridized carbons (Fsp3) is 0.263. The first kappa shape index (κ1) is 17.5. The van der Waals surface area contributed by atoms with E-state index in [1.54, 1.807) is 24.8 Å². The highest BCUT2D eigenvalue weighted by Crippen LogP contribution is 2.35. The van der Waals surface area contributed by atoms with Crippen LogP contribution in [0, 0.1) is 12.7 Å². The number of aliphatic imine (C=N–C) groups is 1. The molecule has 0 saturated heterocycles. The molecule has 2 aromatic rings. The summed E-state index contributed by atoms with van der Waals surface area (Å²) in [6.07, 6.45) is 0.882. The number of amidine groups is 1. The molecule has 1 heterocycles. The molecule has 1 amide bonds. The second-order valence-corrected chi connectivity index (χ2v) is 7.44. The molecule has 1 aliphatic rings. The van der Waals surface area contributed by atoms with Crippen molar-refractivity contribution in [2.24, 2.45) is 10.7 Å². The topological polar surface area (TPSA) is 67.5 Å². The van der Waals surface area contributed by atoms with Gasteiger partial charge in [-0.05, 0) is 61.7 Å². The van der Waals surface area contributed by atoms with Crippen LogP contribution in [0.4, 0.5) is 10.1 Å². The van der Waals surface area contributed by atoms with Gasteiger partial charge >= 0.3 is 0 Å². The van der Waals surface area contributed by atoms with Gasteiger partial charge in [0.25, 0.3) is 5.91 Å². The van der Waals surface area contributed by atoms with Crippen LogP contribution in [0.15, 0.2) is 47.5 Å². The van der Waals surface area contributed by atoms with Crippen molar-refractivity contribution in [2.45, 2.75) is 25.8 Å². The smallest absolute Gasteiger partial charge is 0.255 e. The first-order valence-electron chi connectivity index (χ1n) is 8.03. The van der Waals surface area contributed by atoms with E-state index in [1.165, 1.54) is 12.1 Å². The van der Waals surface area contributed by atoms with E-state index in [1.807, 2.05) is 31.2 Å². The van der Waals surface area contributed by atoms with Crippen LogP contribution in [0.5, 0.6) is 0 Å². The highest BCUT2D eigenvalue weighted by Gasteiger charge is 2.29. The first-order valence-corrected chi connectivity index (χ1v) is 9.02. The number of benzene rings is 2. The van der Waals surface area contributed by atoms with E-state index >= 15 is 0 Å². The van der Waals surface area contributed by atoms with Crippen LogP contribution in [-0.2, 0) is 5.54 Å². The average Bonchev–Trinajstić information content (AvgIpc) is 2.57. The molecule has 25 heavy (non-hydrogen) atoms. The standard InChI is InChI=1S/C19H20FN3OS/c1-12-10-13(6-7-16(12)20)17(24)22-15-5-3-4-14(11-15)19(2)8-9-25-18(21)23-19/h3-7,10-11H,8-9H2,1-2H3,(H2,21,23)(H,22,24). The second-order valence-electron chi connectivity index (χ2n) is 6.32. The second kappa shape index (κ2) is 6.88. The van der Waals surface area contributed by atoms with Gasteiger partial charge in [-0.25, -0.2) is 4.39 Å². The van der Waals surface area contributed by atoms with Crippen LogP contribution in [0.3, 0.4) is 0 Å². The van der Waals surface area contributed by atoms with Gasteiger partial charge in [0.05, 0.1) is 5.54 Å². The number of halogens is 1. The van der Waals surface area contributed by atoms with E-state index in [0.717, 1.165) is 17.7 Å². The quantitative estimate of drug-likeness (QED) is 0.871. The van der Waals surface area contributed by atoms with Gasteiger partial charge in [0, 0.05) is 17.0 Å². The van der Waals surface area contributed by atoms with E-state index in [-0.39, 0.29) is 17.3 Å². The number of carbonyl (C=O) groups is 1. The molecule has 4 nitrogen and oxygen atoms in total. The van der Waals surface area contributed by atoms with E-state index in [0.29, 0.717) is 22.0 Å². The zero-order valence-electron chi connectivity index (χ0n) is 14.2. The summed E-state index contributed by atoms with van der Waals surface area (Å²) in [4.78, 5) is 17.0. The normalized spacial score (nSPS) is 20.0. The van der Waals surface area contributed by atoms with Gasteiger partial charge in [-0.15, -0.1) is 0 Å². The summed E-state index contributed by atoms with van der Waals surface area (Å²) in [7, 11) is 0. The maximum absolute atomic E-state index is 13.4. The Morgan fingerprint density at radius 2 is 2.12 bits per heavy atom. The third-order valence-corrected chi connectivity index (χ3v) is 5.15. The summed E-state index contributed by atoms with van der Waals surface area (Å²) in [6.45, 7) is 3.68. The minimum atomic E-state index is -0.386. The summed E-state index contributed by atoms with van der Waals surface area (Å²) in [5.74, 6) is 0.321. The Hall–Kier alpha value is -2.34. The molecule has 0 radical (unpaired) electrons. The molecule has 2 aromatic carbocycles. The number of amides is 1. The van der Waals surface area contributed by atoms with Crippen molar-refractivity contribution in [1.29, 1.82) is 0 Å². The Labute approximate surface area is 150 Å². The van der Waals surface area contributed by atoms with Crippen LogP contribution in [-0.4, -0.2) is 16.8 Å². The number of aryl methyl sites for hydroxylation is 1. The van der Waals surface area contributed by atoms with Crippen molar-refractivity contribution in [2.75, 3.05) is 11.1 Å². The number of nitrogens with zero attached hydrogens (tertiary/aromatic N) is 1. The van der Waals surface area contributed by atoms with Gasteiger partial charge in [0.15, 0.2) is 5.17 Å². The van der Waals surface area contributed by atoms with Gasteiger partial charge in [0.1, 0.15) is 5.82 Å². The average molecular weight is 357 g/mol. The number of anilines is 1. The molecule has 130 valence electrons. The third kappa shape index (κ3) is 3.85. The molecular weight excluding hydrogens is 337 g/mol. The maximum atomic E-state index is 13.4. The fourth-order valence-corrected chi connectivity index (χ4v) is 3.79. The number of thioether (sulfide) groups is 1. The van der Waals surface area contributed by atoms with Crippen molar-refractivity contribution in [3.63, 3.8) is 0 Å². The molecule has 0 fully saturated rings. The van der Waals surface area contributed by atoms with Gasteiger partial charge in [0.2, 0.25) is 0 Å². The lowest BCUT2D eigenvalue weighted by molar-refractivity contribution is 0.102. The Balaban J connectivity index is 1.83. The van der Waals surface area contributed by atoms with Gasteiger partial charge in [-0.3, -0.25) is 9.79 Å². The number of rotatable bonds is 3. The molecular formula is C19H20FN3OS. The summed E-state index contributed by atoms with van der Waals surface area (Å²) in [5, 5.41) is 3.45. The Morgan fingerprint density at radius 3 is 2.84 bits per heavy atom. The Bertz CT molecular complexity index is 852. The molecule has 0 spiro atoms. The molecule has 0 aliphatic carbocycles. The predicted molar refractivity (Wildman–Crippen MR) is 102 cm³/mol. The van der Waals surface area contributed by atoms with Gasteiger partial charge in [-0.2, -0.15) is 0 Å². The Morgan fingerprint density at radius 1 is 1.32 bits per heavy atom. The van der Waals surface area contributed by atoms with Crippen molar-refractivity contribution in [3.8, 4) is 0 Å². The zero-order valence-corrected chi connectivity index (χ0v) is 15.0. The summed E-state index contributed by atoms with van der Waals surface area (Å²) < 4.78 is 13.4. The highest BCUT2D eigenvalue weighted by atomic mass is 32.2. The van der Waals surface area contributed by atoms with Crippen molar-refractivity contribution in [3.05, 3.63) is 65.0 Å². The summed E-state index contributed by atoms with van der Waals surface area (Å²) in [5.41, 5.74) is 8.04. The summed E-state index contributed by atoms with van der Waals surface area (Å²) >= 11 is 1.56. The lowest BCUT2D eigenvalue weighted by atomic mass is 9.89. The molecule has 0 aromatic heterocycles. The van der Waals surface area contributed by atoms with E-state index < -0.39 is 0 Å². The largest absolute Gasteiger partial charge is 0.379 e. The molecule has 3 N–H and O–H groups in total. The zero-order chi connectivity index (χ0) is 18.0. The highest BCUT2D eigenvalue weighted by molar-refractivity contribution is 8.13. The number of hydrogen-bond donors (Lipinski definition) is 2. The fourth-order valence-electron chi connectivity index (χ4n) is 2.82. The number of nitrogens with two attached hydrogens (primary N) is 1. The third-order valence-electron chi connectivity index (χ3n) is 4.36. The minimum absolute atomic E-state index is 0.271. The Kier molecular flexibility index (Phi) is 4.81. The lowest BCUT2D eigenvalue weighted by Gasteiger charge is -2.30. The molecule has 6 heteroatoms. The van der Waals surface area contributed by atoms with Crippen LogP contribution >= 0.6 is 11.8 Å². The van der Waals surface area contributed by atoms with Crippen molar-refractivity contribution >= 4 is 28.5 Å². The maximum Gasteiger partial charge on any atom is 0.255 e. The molecule has 0 bridgehead atoms. The molecule has 1 aliphatic heterocycles. The van der Waals surface area contributed by atoms with Crippen molar-refractivity contribution < 1.29 is 9.18 Å². The van der Waals surface area contributed by atoms with Gasteiger partial charge < -0.3 is 11.1 Å². The first-order chi connectivity index (χ1) is 11.9. The molecule has 3 rings (SSSR count). The van der Waals surface area contributed by atoms with E-state index in [9.17, 15) is 9.18 Å². The van der Waals surface area contributed by atoms with E-state index in [2.05, 4.69) is 10.3 Å². The van der Waals surface area contributed by atoms with Gasteiger partial charge in [-0.1, -0.05) is 23.9 Å². The van der Waals surface area contributed by atoms with Crippen LogP contribution < -0.4 is 11.1 Å². The van der Waals surface area contributed by atoms with E-state index in [4.69, 9.17) is 5.73 Å². The van der Waals surface area contributed by atoms with Crippen molar-refractivity contribution in [1.82, 2.24) is 0 Å². The monoisotopic (exact) mass is 357 g/mol. The van der Waals surface area contributed by atoms with Crippen LogP contribution in [0.1, 0.15) is 34.8 Å². The SMILES string of the molecule is Cc1cc(C(=O)Nc2cccc(C3(C)CCSC(N)=N3)c2)ccc1F. The number of carbonyl (C=O) groups excluding carboxylic acids is 1. The summed E-state index contributed by atoms with van der Waals surface area (Å²) in [6, 6.07) is 11.9. The number of hydrogen-bond acceptors (Lipinski definition) is 4. The molecule has 1 atom stereocenters.